The maximum atomic E-state index is 14.8. The molecule has 8 nitrogen and oxygen atoms in total. The summed E-state index contributed by atoms with van der Waals surface area (Å²) in [6.07, 6.45) is 0.281. The zero-order valence-corrected chi connectivity index (χ0v) is 16.2. The summed E-state index contributed by atoms with van der Waals surface area (Å²) in [4.78, 5) is 30.1. The molecule has 1 fully saturated rings. The Morgan fingerprint density at radius 1 is 1.23 bits per heavy atom. The van der Waals surface area contributed by atoms with Crippen LogP contribution in [0.2, 0.25) is 0 Å². The number of hydrogen-bond donors (Lipinski definition) is 3. The van der Waals surface area contributed by atoms with Crippen molar-refractivity contribution in [3.63, 3.8) is 0 Å². The molecule has 30 heavy (non-hydrogen) atoms. The molecule has 2 amide bonds. The van der Waals surface area contributed by atoms with Gasteiger partial charge in [-0.05, 0) is 48.5 Å². The first-order chi connectivity index (χ1) is 14.4. The zero-order chi connectivity index (χ0) is 21.3. The molecule has 0 bridgehead atoms. The van der Waals surface area contributed by atoms with Gasteiger partial charge in [-0.25, -0.2) is 18.6 Å². The number of aliphatic imine (C=N–C) groups is 1. The second-order valence-corrected chi connectivity index (χ2v) is 7.89. The number of rotatable bonds is 3. The van der Waals surface area contributed by atoms with E-state index in [-0.39, 0.29) is 28.9 Å². The fourth-order valence-electron chi connectivity index (χ4n) is 3.44. The Morgan fingerprint density at radius 3 is 2.80 bits per heavy atom. The van der Waals surface area contributed by atoms with Crippen LogP contribution in [-0.4, -0.2) is 40.4 Å². The fraction of sp³-hybridized carbons (Fsp3) is 0.263. The number of carboxylic acid groups (broad SMARTS) is 1. The number of amides is 2. The molecular formula is C19H16F2N4O4S. The van der Waals surface area contributed by atoms with Gasteiger partial charge < -0.3 is 15.2 Å². The normalized spacial score (nSPS) is 22.7. The van der Waals surface area contributed by atoms with Crippen molar-refractivity contribution in [3.8, 4) is 0 Å². The predicted molar refractivity (Wildman–Crippen MR) is 105 cm³/mol. The standard InChI is InChI=1S/C19H16F2N4O4S/c20-11-1-4-15(22-9-11)16(26)24-12-2-3-14(21)13(7-12)19-10(5-6-29-19)8-23-17(30-19)25-18(27)28/h1-4,7,9-10H,5-6,8H2,(H,23,25)(H,24,26)(H,27,28)/t10-,19-/m1/s1. The van der Waals surface area contributed by atoms with Crippen molar-refractivity contribution in [2.24, 2.45) is 10.9 Å². The Kier molecular flexibility index (Phi) is 5.39. The van der Waals surface area contributed by atoms with Crippen molar-refractivity contribution in [2.45, 2.75) is 11.4 Å². The van der Waals surface area contributed by atoms with Crippen LogP contribution >= 0.6 is 11.8 Å². The van der Waals surface area contributed by atoms with Crippen LogP contribution in [0.25, 0.3) is 0 Å². The van der Waals surface area contributed by atoms with Crippen LogP contribution in [0.4, 0.5) is 19.3 Å². The van der Waals surface area contributed by atoms with Gasteiger partial charge in [0.2, 0.25) is 0 Å². The molecule has 2 atom stereocenters. The molecule has 3 N–H and O–H groups in total. The van der Waals surface area contributed by atoms with Crippen LogP contribution in [0.1, 0.15) is 22.5 Å². The Morgan fingerprint density at radius 2 is 2.07 bits per heavy atom. The largest absolute Gasteiger partial charge is 0.465 e. The van der Waals surface area contributed by atoms with Crippen molar-refractivity contribution < 1.29 is 28.2 Å². The second kappa shape index (κ2) is 8.00. The molecular weight excluding hydrogens is 418 g/mol. The van der Waals surface area contributed by atoms with Gasteiger partial charge in [0.25, 0.3) is 5.91 Å². The molecule has 2 aliphatic heterocycles. The summed E-state index contributed by atoms with van der Waals surface area (Å²) in [6.45, 7) is 0.640. The third-order valence-electron chi connectivity index (χ3n) is 4.80. The van der Waals surface area contributed by atoms with Crippen LogP contribution < -0.4 is 10.6 Å². The van der Waals surface area contributed by atoms with Gasteiger partial charge in [-0.2, -0.15) is 0 Å². The topological polar surface area (TPSA) is 113 Å². The van der Waals surface area contributed by atoms with Crippen LogP contribution in [-0.2, 0) is 9.67 Å². The Labute approximate surface area is 173 Å². The average Bonchev–Trinajstić information content (AvgIpc) is 3.13. The van der Waals surface area contributed by atoms with E-state index in [2.05, 4.69) is 20.6 Å². The van der Waals surface area contributed by atoms with E-state index in [0.29, 0.717) is 18.7 Å². The maximum absolute atomic E-state index is 14.8. The first kappa shape index (κ1) is 20.2. The summed E-state index contributed by atoms with van der Waals surface area (Å²) < 4.78 is 33.8. The monoisotopic (exact) mass is 434 g/mol. The predicted octanol–water partition coefficient (Wildman–Crippen LogP) is 3.17. The van der Waals surface area contributed by atoms with E-state index in [0.717, 1.165) is 24.0 Å². The third kappa shape index (κ3) is 3.85. The molecule has 2 aromatic rings. The summed E-state index contributed by atoms with van der Waals surface area (Å²) >= 11 is 1.000. The van der Waals surface area contributed by atoms with Crippen molar-refractivity contribution >= 4 is 34.6 Å². The Hall–Kier alpha value is -3.05. The van der Waals surface area contributed by atoms with E-state index in [1.165, 1.54) is 24.3 Å². The lowest BCUT2D eigenvalue weighted by Gasteiger charge is -2.37. The van der Waals surface area contributed by atoms with E-state index in [1.54, 1.807) is 0 Å². The van der Waals surface area contributed by atoms with Crippen LogP contribution in [0.5, 0.6) is 0 Å². The maximum Gasteiger partial charge on any atom is 0.410 e. The summed E-state index contributed by atoms with van der Waals surface area (Å²) in [5.41, 5.74) is 0.476. The lowest BCUT2D eigenvalue weighted by Crippen LogP contribution is -2.41. The highest BCUT2D eigenvalue weighted by Gasteiger charge is 2.51. The lowest BCUT2D eigenvalue weighted by atomic mass is 9.93. The van der Waals surface area contributed by atoms with E-state index >= 15 is 0 Å². The molecule has 4 rings (SSSR count). The first-order valence-corrected chi connectivity index (χ1v) is 9.79. The summed E-state index contributed by atoms with van der Waals surface area (Å²) in [5, 5.41) is 13.9. The number of amidine groups is 1. The molecule has 0 unspecified atom stereocenters. The minimum Gasteiger partial charge on any atom is -0.465 e. The van der Waals surface area contributed by atoms with E-state index in [4.69, 9.17) is 9.84 Å². The van der Waals surface area contributed by atoms with Gasteiger partial charge in [-0.15, -0.1) is 0 Å². The van der Waals surface area contributed by atoms with Crippen molar-refractivity contribution in [2.75, 3.05) is 18.5 Å². The number of ether oxygens (including phenoxy) is 1. The highest BCUT2D eigenvalue weighted by molar-refractivity contribution is 8.14. The minimum absolute atomic E-state index is 0.00236. The number of carbonyl (C=O) groups excluding carboxylic acids is 1. The molecule has 156 valence electrons. The second-order valence-electron chi connectivity index (χ2n) is 6.69. The number of thioether (sulfide) groups is 1. The summed E-state index contributed by atoms with van der Waals surface area (Å²) in [5.74, 6) is -1.87. The number of pyridine rings is 1. The Balaban J connectivity index is 1.64. The van der Waals surface area contributed by atoms with Gasteiger partial charge in [0, 0.05) is 30.3 Å². The molecule has 0 aliphatic carbocycles. The average molecular weight is 434 g/mol. The van der Waals surface area contributed by atoms with Gasteiger partial charge in [0.1, 0.15) is 17.3 Å². The third-order valence-corrected chi connectivity index (χ3v) is 6.20. The van der Waals surface area contributed by atoms with Crippen molar-refractivity contribution in [1.82, 2.24) is 10.3 Å². The van der Waals surface area contributed by atoms with Gasteiger partial charge >= 0.3 is 6.09 Å². The van der Waals surface area contributed by atoms with E-state index < -0.39 is 28.6 Å². The molecule has 0 spiro atoms. The van der Waals surface area contributed by atoms with Crippen LogP contribution in [0, 0.1) is 17.6 Å². The number of nitrogens with one attached hydrogen (secondary N) is 2. The van der Waals surface area contributed by atoms with Crippen LogP contribution in [0.3, 0.4) is 0 Å². The molecule has 11 heteroatoms. The number of aromatic nitrogens is 1. The quantitative estimate of drug-likeness (QED) is 0.684. The summed E-state index contributed by atoms with van der Waals surface area (Å²) in [6, 6.07) is 6.39. The molecule has 0 saturated carbocycles. The lowest BCUT2D eigenvalue weighted by molar-refractivity contribution is 0.0560. The van der Waals surface area contributed by atoms with Gasteiger partial charge in [0.15, 0.2) is 10.1 Å². The molecule has 1 saturated heterocycles. The van der Waals surface area contributed by atoms with E-state index in [1.807, 2.05) is 0 Å². The van der Waals surface area contributed by atoms with Crippen molar-refractivity contribution in [3.05, 3.63) is 59.4 Å². The fourth-order valence-corrected chi connectivity index (χ4v) is 4.77. The zero-order valence-electron chi connectivity index (χ0n) is 15.4. The number of nitrogens with zero attached hydrogens (tertiary/aromatic N) is 2. The number of fused-ring (bicyclic) bond motifs is 1. The van der Waals surface area contributed by atoms with Gasteiger partial charge in [-0.3, -0.25) is 15.1 Å². The Bertz CT molecular complexity index is 1030. The molecule has 3 heterocycles. The number of halogens is 2. The smallest absolute Gasteiger partial charge is 0.410 e. The molecule has 0 radical (unpaired) electrons. The summed E-state index contributed by atoms with van der Waals surface area (Å²) in [7, 11) is 0. The molecule has 2 aliphatic rings. The molecule has 1 aromatic carbocycles. The minimum atomic E-state index is -1.28. The number of anilines is 1. The van der Waals surface area contributed by atoms with E-state index in [9.17, 15) is 18.4 Å². The molecule has 1 aromatic heterocycles. The van der Waals surface area contributed by atoms with Crippen LogP contribution in [0.15, 0.2) is 41.5 Å². The van der Waals surface area contributed by atoms with Gasteiger partial charge in [-0.1, -0.05) is 0 Å². The SMILES string of the molecule is O=C(O)NC1=NC[C@H]2CCO[C@@]2(c2cc(NC(=O)c3ccc(F)cn3)ccc2F)S1. The highest BCUT2D eigenvalue weighted by Crippen LogP contribution is 2.53. The number of hydrogen-bond acceptors (Lipinski definition) is 6. The van der Waals surface area contributed by atoms with Gasteiger partial charge in [0.05, 0.1) is 6.20 Å². The van der Waals surface area contributed by atoms with Crippen molar-refractivity contribution in [1.29, 1.82) is 0 Å². The first-order valence-electron chi connectivity index (χ1n) is 8.98. The highest BCUT2D eigenvalue weighted by atomic mass is 32.2. The number of benzene rings is 1. The number of carbonyl (C=O) groups is 2.